The number of hydrogen-bond acceptors (Lipinski definition) is 1. The van der Waals surface area contributed by atoms with Crippen molar-refractivity contribution in [3.8, 4) is 0 Å². The summed E-state index contributed by atoms with van der Waals surface area (Å²) < 4.78 is 1.55. The van der Waals surface area contributed by atoms with E-state index in [0.29, 0.717) is 4.47 Å². The Balaban J connectivity index is 2.82. The first kappa shape index (κ1) is 10.6. The number of carboxylic acids is 1. The zero-order chi connectivity index (χ0) is 11.0. The van der Waals surface area contributed by atoms with E-state index in [1.54, 1.807) is 6.07 Å². The molecule has 0 radical (unpaired) electrons. The van der Waals surface area contributed by atoms with E-state index in [2.05, 4.69) is 31.9 Å². The number of carbonyl (C=O) groups is 1. The number of benzene rings is 2. The molecule has 0 aliphatic carbocycles. The molecule has 0 aliphatic heterocycles. The number of halogens is 2. The van der Waals surface area contributed by atoms with Crippen molar-refractivity contribution < 1.29 is 9.90 Å². The zero-order valence-electron chi connectivity index (χ0n) is 7.50. The van der Waals surface area contributed by atoms with Crippen LogP contribution in [0.4, 0.5) is 0 Å². The van der Waals surface area contributed by atoms with Crippen LogP contribution in [0, 0.1) is 0 Å². The lowest BCUT2D eigenvalue weighted by Crippen LogP contribution is -1.97. The minimum absolute atomic E-state index is 0.278. The van der Waals surface area contributed by atoms with Gasteiger partial charge in [0.15, 0.2) is 0 Å². The van der Waals surface area contributed by atoms with Gasteiger partial charge in [0.1, 0.15) is 0 Å². The van der Waals surface area contributed by atoms with Crippen molar-refractivity contribution in [2.75, 3.05) is 0 Å². The molecule has 0 atom stereocenters. The minimum Gasteiger partial charge on any atom is -0.478 e. The summed E-state index contributed by atoms with van der Waals surface area (Å²) in [5, 5.41) is 10.9. The molecule has 4 heteroatoms. The maximum atomic E-state index is 10.9. The molecule has 2 nitrogen and oxygen atoms in total. The van der Waals surface area contributed by atoms with Crippen LogP contribution in [0.3, 0.4) is 0 Å². The fourth-order valence-corrected chi connectivity index (χ4v) is 2.43. The Morgan fingerprint density at radius 2 is 1.87 bits per heavy atom. The summed E-state index contributed by atoms with van der Waals surface area (Å²) in [6.45, 7) is 0. The number of carboxylic acid groups (broad SMARTS) is 1. The maximum absolute atomic E-state index is 10.9. The van der Waals surface area contributed by atoms with Gasteiger partial charge < -0.3 is 5.11 Å². The molecule has 0 amide bonds. The van der Waals surface area contributed by atoms with Crippen LogP contribution in [0.25, 0.3) is 10.8 Å². The standard InChI is InChI=1S/C11H6Br2O2/c12-9-3-1-2-6-4-8(11(14)15)10(13)5-7(6)9/h1-5H,(H,14,15). The highest BCUT2D eigenvalue weighted by atomic mass is 79.9. The third-order valence-electron chi connectivity index (χ3n) is 2.15. The van der Waals surface area contributed by atoms with Crippen molar-refractivity contribution in [1.82, 2.24) is 0 Å². The van der Waals surface area contributed by atoms with E-state index in [4.69, 9.17) is 5.11 Å². The number of hydrogen-bond donors (Lipinski definition) is 1. The smallest absolute Gasteiger partial charge is 0.336 e. The molecule has 0 spiro atoms. The Morgan fingerprint density at radius 1 is 1.13 bits per heavy atom. The Labute approximate surface area is 103 Å². The minimum atomic E-state index is -0.927. The van der Waals surface area contributed by atoms with Crippen molar-refractivity contribution in [3.05, 3.63) is 44.8 Å². The van der Waals surface area contributed by atoms with Crippen molar-refractivity contribution in [1.29, 1.82) is 0 Å². The molecule has 76 valence electrons. The molecule has 0 aromatic heterocycles. The van der Waals surface area contributed by atoms with E-state index in [-0.39, 0.29) is 5.56 Å². The van der Waals surface area contributed by atoms with Gasteiger partial charge in [0, 0.05) is 8.95 Å². The Bertz CT molecular complexity index is 550. The first-order chi connectivity index (χ1) is 7.09. The van der Waals surface area contributed by atoms with Gasteiger partial charge in [0.2, 0.25) is 0 Å². The van der Waals surface area contributed by atoms with Gasteiger partial charge in [-0.05, 0) is 44.9 Å². The lowest BCUT2D eigenvalue weighted by Gasteiger charge is -2.04. The summed E-state index contributed by atoms with van der Waals surface area (Å²) in [6.07, 6.45) is 0. The average Bonchev–Trinajstić information content (AvgIpc) is 2.18. The van der Waals surface area contributed by atoms with Crippen molar-refractivity contribution in [2.45, 2.75) is 0 Å². The van der Waals surface area contributed by atoms with Gasteiger partial charge in [0.25, 0.3) is 0 Å². The molecule has 0 heterocycles. The van der Waals surface area contributed by atoms with Gasteiger partial charge in [-0.2, -0.15) is 0 Å². The quantitative estimate of drug-likeness (QED) is 0.856. The van der Waals surface area contributed by atoms with Gasteiger partial charge in [-0.15, -0.1) is 0 Å². The Kier molecular flexibility index (Phi) is 2.80. The van der Waals surface area contributed by atoms with Crippen LogP contribution in [0.1, 0.15) is 10.4 Å². The van der Waals surface area contributed by atoms with Crippen LogP contribution in [0.5, 0.6) is 0 Å². The molecule has 0 aliphatic rings. The molecular weight excluding hydrogens is 324 g/mol. The molecule has 2 aromatic carbocycles. The monoisotopic (exact) mass is 328 g/mol. The van der Waals surface area contributed by atoms with E-state index in [1.165, 1.54) is 0 Å². The average molecular weight is 330 g/mol. The summed E-state index contributed by atoms with van der Waals surface area (Å²) in [4.78, 5) is 10.9. The predicted molar refractivity (Wildman–Crippen MR) is 66.3 cm³/mol. The van der Waals surface area contributed by atoms with Crippen LogP contribution in [-0.4, -0.2) is 11.1 Å². The molecule has 0 fully saturated rings. The highest BCUT2D eigenvalue weighted by Gasteiger charge is 2.10. The highest BCUT2D eigenvalue weighted by molar-refractivity contribution is 9.11. The molecule has 2 rings (SSSR count). The lowest BCUT2D eigenvalue weighted by atomic mass is 10.1. The van der Waals surface area contributed by atoms with Gasteiger partial charge in [-0.1, -0.05) is 28.1 Å². The maximum Gasteiger partial charge on any atom is 0.336 e. The lowest BCUT2D eigenvalue weighted by molar-refractivity contribution is 0.0696. The van der Waals surface area contributed by atoms with Crippen LogP contribution in [0.15, 0.2) is 39.3 Å². The fourth-order valence-electron chi connectivity index (χ4n) is 1.42. The molecular formula is C11H6Br2O2. The molecule has 2 aromatic rings. The van der Waals surface area contributed by atoms with E-state index in [9.17, 15) is 4.79 Å². The molecule has 0 bridgehead atoms. The second kappa shape index (κ2) is 3.94. The summed E-state index contributed by atoms with van der Waals surface area (Å²) in [6, 6.07) is 9.16. The fraction of sp³-hybridized carbons (Fsp3) is 0. The second-order valence-electron chi connectivity index (χ2n) is 3.10. The third-order valence-corrected chi connectivity index (χ3v) is 3.49. The van der Waals surface area contributed by atoms with Crippen molar-refractivity contribution in [2.24, 2.45) is 0 Å². The van der Waals surface area contributed by atoms with Gasteiger partial charge in [-0.25, -0.2) is 4.79 Å². The van der Waals surface area contributed by atoms with Crippen LogP contribution in [-0.2, 0) is 0 Å². The van der Waals surface area contributed by atoms with Gasteiger partial charge in [0.05, 0.1) is 5.56 Å². The number of rotatable bonds is 1. The second-order valence-corrected chi connectivity index (χ2v) is 4.81. The largest absolute Gasteiger partial charge is 0.478 e. The summed E-state index contributed by atoms with van der Waals surface area (Å²) >= 11 is 6.67. The van der Waals surface area contributed by atoms with Crippen LogP contribution < -0.4 is 0 Å². The van der Waals surface area contributed by atoms with E-state index in [1.807, 2.05) is 24.3 Å². The summed E-state index contributed by atoms with van der Waals surface area (Å²) in [5.41, 5.74) is 0.278. The summed E-state index contributed by atoms with van der Waals surface area (Å²) in [7, 11) is 0. The normalized spacial score (nSPS) is 10.5. The van der Waals surface area contributed by atoms with Crippen molar-refractivity contribution in [3.63, 3.8) is 0 Å². The Hall–Kier alpha value is -0.870. The predicted octanol–water partition coefficient (Wildman–Crippen LogP) is 4.06. The van der Waals surface area contributed by atoms with E-state index < -0.39 is 5.97 Å². The molecule has 0 saturated carbocycles. The first-order valence-corrected chi connectivity index (χ1v) is 5.79. The SMILES string of the molecule is O=C(O)c1cc2cccc(Br)c2cc1Br. The molecule has 1 N–H and O–H groups in total. The number of fused-ring (bicyclic) bond motifs is 1. The van der Waals surface area contributed by atoms with Crippen LogP contribution in [0.2, 0.25) is 0 Å². The number of aromatic carboxylic acids is 1. The first-order valence-electron chi connectivity index (χ1n) is 4.20. The Morgan fingerprint density at radius 3 is 2.53 bits per heavy atom. The third kappa shape index (κ3) is 1.92. The molecule has 15 heavy (non-hydrogen) atoms. The molecule has 0 unspecified atom stereocenters. The van der Waals surface area contributed by atoms with Crippen molar-refractivity contribution >= 4 is 48.6 Å². The van der Waals surface area contributed by atoms with Gasteiger partial charge >= 0.3 is 5.97 Å². The zero-order valence-corrected chi connectivity index (χ0v) is 10.7. The summed E-state index contributed by atoms with van der Waals surface area (Å²) in [5.74, 6) is -0.927. The highest BCUT2D eigenvalue weighted by Crippen LogP contribution is 2.29. The van der Waals surface area contributed by atoms with E-state index >= 15 is 0 Å². The topological polar surface area (TPSA) is 37.3 Å². The van der Waals surface area contributed by atoms with E-state index in [0.717, 1.165) is 15.2 Å². The van der Waals surface area contributed by atoms with Gasteiger partial charge in [-0.3, -0.25) is 0 Å². The molecule has 0 saturated heterocycles. The van der Waals surface area contributed by atoms with Crippen LogP contribution >= 0.6 is 31.9 Å².